The van der Waals surface area contributed by atoms with Gasteiger partial charge in [0, 0.05) is 22.7 Å². The fourth-order valence-electron chi connectivity index (χ4n) is 3.78. The molecule has 0 bridgehead atoms. The number of anilines is 1. The Labute approximate surface area is 139 Å². The number of fused-ring (bicyclic) bond motifs is 3. The molecular formula is C18H17ClN2O2. The molecule has 4 nitrogen and oxygen atoms in total. The molecule has 5 heteroatoms. The van der Waals surface area contributed by atoms with Crippen LogP contribution in [-0.2, 0) is 0 Å². The van der Waals surface area contributed by atoms with E-state index in [1.54, 1.807) is 12.1 Å². The Hall–Kier alpha value is -2.04. The summed E-state index contributed by atoms with van der Waals surface area (Å²) in [7, 11) is 0. The van der Waals surface area contributed by atoms with Crippen molar-refractivity contribution in [3.63, 3.8) is 0 Å². The monoisotopic (exact) mass is 328 g/mol. The number of halogens is 1. The van der Waals surface area contributed by atoms with Gasteiger partial charge in [0.25, 0.3) is 0 Å². The SMILES string of the molecule is O=C(O)c1ccc([C@@H]2Nc3ccc(Cl)cc3[C@@H]3NCC[C@H]23)cc1. The van der Waals surface area contributed by atoms with Crippen molar-refractivity contribution < 1.29 is 9.90 Å². The first kappa shape index (κ1) is 14.5. The minimum atomic E-state index is -0.895. The second-order valence-corrected chi connectivity index (χ2v) is 6.60. The van der Waals surface area contributed by atoms with E-state index in [2.05, 4.69) is 10.6 Å². The molecule has 118 valence electrons. The van der Waals surface area contributed by atoms with E-state index >= 15 is 0 Å². The highest BCUT2D eigenvalue weighted by Crippen LogP contribution is 2.47. The third-order valence-electron chi connectivity index (χ3n) is 4.87. The van der Waals surface area contributed by atoms with Gasteiger partial charge >= 0.3 is 5.97 Å². The van der Waals surface area contributed by atoms with Crippen molar-refractivity contribution in [3.05, 3.63) is 64.2 Å². The highest BCUT2D eigenvalue weighted by Gasteiger charge is 2.40. The third-order valence-corrected chi connectivity index (χ3v) is 5.11. The summed E-state index contributed by atoms with van der Waals surface area (Å²) in [4.78, 5) is 11.0. The molecule has 1 fully saturated rings. The lowest BCUT2D eigenvalue weighted by atomic mass is 9.80. The molecule has 2 aliphatic rings. The van der Waals surface area contributed by atoms with Gasteiger partial charge in [0.05, 0.1) is 11.6 Å². The molecular weight excluding hydrogens is 312 g/mol. The maximum absolute atomic E-state index is 11.0. The molecule has 0 unspecified atom stereocenters. The smallest absolute Gasteiger partial charge is 0.335 e. The van der Waals surface area contributed by atoms with Gasteiger partial charge in [-0.05, 0) is 54.4 Å². The third kappa shape index (κ3) is 2.48. The van der Waals surface area contributed by atoms with Gasteiger partial charge in [-0.3, -0.25) is 0 Å². The van der Waals surface area contributed by atoms with Crippen LogP contribution in [0.1, 0.15) is 40.0 Å². The van der Waals surface area contributed by atoms with Crippen LogP contribution >= 0.6 is 11.6 Å². The maximum atomic E-state index is 11.0. The van der Waals surface area contributed by atoms with Crippen molar-refractivity contribution in [3.8, 4) is 0 Å². The number of carboxylic acids is 1. The standard InChI is InChI=1S/C18H17ClN2O2/c19-12-5-6-15-14(9-12)17-13(7-8-20-17)16(21-15)10-1-3-11(4-2-10)18(22)23/h1-6,9,13,16-17,20-21H,7-8H2,(H,22,23)/t13-,16+,17-/m1/s1. The summed E-state index contributed by atoms with van der Waals surface area (Å²) in [5.41, 5.74) is 3.75. The van der Waals surface area contributed by atoms with Crippen molar-refractivity contribution in [2.24, 2.45) is 5.92 Å². The zero-order valence-corrected chi connectivity index (χ0v) is 13.2. The molecule has 3 atom stereocenters. The van der Waals surface area contributed by atoms with Crippen LogP contribution in [0.15, 0.2) is 42.5 Å². The summed E-state index contributed by atoms with van der Waals surface area (Å²) in [6.07, 6.45) is 1.08. The van der Waals surface area contributed by atoms with Crippen LogP contribution < -0.4 is 10.6 Å². The number of carboxylic acid groups (broad SMARTS) is 1. The van der Waals surface area contributed by atoms with Crippen LogP contribution in [0.4, 0.5) is 5.69 Å². The minimum absolute atomic E-state index is 0.173. The summed E-state index contributed by atoms with van der Waals surface area (Å²) in [6, 6.07) is 13.6. The van der Waals surface area contributed by atoms with E-state index in [-0.39, 0.29) is 12.1 Å². The molecule has 23 heavy (non-hydrogen) atoms. The molecule has 0 amide bonds. The molecule has 2 heterocycles. The molecule has 1 saturated heterocycles. The molecule has 3 N–H and O–H groups in total. The molecule has 0 saturated carbocycles. The summed E-state index contributed by atoms with van der Waals surface area (Å²) >= 11 is 6.16. The summed E-state index contributed by atoms with van der Waals surface area (Å²) in [5.74, 6) is -0.467. The first-order valence-electron chi connectivity index (χ1n) is 7.76. The second-order valence-electron chi connectivity index (χ2n) is 6.17. The van der Waals surface area contributed by atoms with Crippen LogP contribution in [0, 0.1) is 5.92 Å². The van der Waals surface area contributed by atoms with Gasteiger partial charge < -0.3 is 15.7 Å². The molecule has 0 aliphatic carbocycles. The lowest BCUT2D eigenvalue weighted by molar-refractivity contribution is 0.0697. The zero-order chi connectivity index (χ0) is 16.0. The number of carbonyl (C=O) groups is 1. The van der Waals surface area contributed by atoms with Crippen molar-refractivity contribution in [1.82, 2.24) is 5.32 Å². The summed E-state index contributed by atoms with van der Waals surface area (Å²) in [6.45, 7) is 0.979. The Bertz CT molecular complexity index is 760. The number of hydrogen-bond acceptors (Lipinski definition) is 3. The molecule has 4 rings (SSSR count). The van der Waals surface area contributed by atoms with Gasteiger partial charge in [-0.15, -0.1) is 0 Å². The normalized spacial score (nSPS) is 25.3. The van der Waals surface area contributed by atoms with E-state index in [4.69, 9.17) is 16.7 Å². The Kier molecular flexibility index (Phi) is 3.51. The molecule has 2 aliphatic heterocycles. The second kappa shape index (κ2) is 5.55. The minimum Gasteiger partial charge on any atom is -0.478 e. The van der Waals surface area contributed by atoms with E-state index < -0.39 is 5.97 Å². The van der Waals surface area contributed by atoms with Gasteiger partial charge in [0.15, 0.2) is 0 Å². The van der Waals surface area contributed by atoms with E-state index in [0.717, 1.165) is 29.2 Å². The fraction of sp³-hybridized carbons (Fsp3) is 0.278. The van der Waals surface area contributed by atoms with Crippen LogP contribution in [0.3, 0.4) is 0 Å². The number of nitrogens with one attached hydrogen (secondary N) is 2. The quantitative estimate of drug-likeness (QED) is 0.783. The van der Waals surface area contributed by atoms with E-state index in [9.17, 15) is 4.79 Å². The van der Waals surface area contributed by atoms with E-state index in [1.165, 1.54) is 5.56 Å². The van der Waals surface area contributed by atoms with E-state index in [1.807, 2.05) is 30.3 Å². The summed E-state index contributed by atoms with van der Waals surface area (Å²) in [5, 5.41) is 17.0. The van der Waals surface area contributed by atoms with Gasteiger partial charge in [0.2, 0.25) is 0 Å². The largest absolute Gasteiger partial charge is 0.478 e. The van der Waals surface area contributed by atoms with Crippen LogP contribution in [-0.4, -0.2) is 17.6 Å². The number of rotatable bonds is 2. The highest BCUT2D eigenvalue weighted by atomic mass is 35.5. The number of hydrogen-bond donors (Lipinski definition) is 3. The average molecular weight is 329 g/mol. The lowest BCUT2D eigenvalue weighted by Gasteiger charge is -2.37. The van der Waals surface area contributed by atoms with Gasteiger partial charge in [-0.25, -0.2) is 4.79 Å². The van der Waals surface area contributed by atoms with Crippen molar-refractivity contribution in [1.29, 1.82) is 0 Å². The predicted octanol–water partition coefficient (Wildman–Crippen LogP) is 3.86. The first-order valence-corrected chi connectivity index (χ1v) is 8.14. The van der Waals surface area contributed by atoms with Gasteiger partial charge in [-0.1, -0.05) is 23.7 Å². The van der Waals surface area contributed by atoms with Gasteiger partial charge in [-0.2, -0.15) is 0 Å². The molecule has 0 spiro atoms. The Balaban J connectivity index is 1.72. The topological polar surface area (TPSA) is 61.4 Å². The van der Waals surface area contributed by atoms with Crippen molar-refractivity contribution in [2.45, 2.75) is 18.5 Å². The maximum Gasteiger partial charge on any atom is 0.335 e. The van der Waals surface area contributed by atoms with E-state index in [0.29, 0.717) is 11.5 Å². The van der Waals surface area contributed by atoms with Crippen LogP contribution in [0.5, 0.6) is 0 Å². The van der Waals surface area contributed by atoms with Crippen LogP contribution in [0.2, 0.25) is 5.02 Å². The predicted molar refractivity (Wildman–Crippen MR) is 90.1 cm³/mol. The molecule has 2 aromatic carbocycles. The van der Waals surface area contributed by atoms with Crippen LogP contribution in [0.25, 0.3) is 0 Å². The highest BCUT2D eigenvalue weighted by molar-refractivity contribution is 6.30. The molecule has 2 aromatic rings. The summed E-state index contributed by atoms with van der Waals surface area (Å²) < 4.78 is 0. The fourth-order valence-corrected chi connectivity index (χ4v) is 3.96. The number of aromatic carboxylic acids is 1. The van der Waals surface area contributed by atoms with Crippen molar-refractivity contribution >= 4 is 23.3 Å². The van der Waals surface area contributed by atoms with Gasteiger partial charge in [0.1, 0.15) is 0 Å². The Morgan fingerprint density at radius 1 is 1.13 bits per heavy atom. The zero-order valence-electron chi connectivity index (χ0n) is 12.4. The van der Waals surface area contributed by atoms with Crippen molar-refractivity contribution in [2.75, 3.05) is 11.9 Å². The Morgan fingerprint density at radius 3 is 2.65 bits per heavy atom. The molecule has 0 radical (unpaired) electrons. The lowest BCUT2D eigenvalue weighted by Crippen LogP contribution is -2.32. The first-order chi connectivity index (χ1) is 11.1. The average Bonchev–Trinajstić information content (AvgIpc) is 3.04. The Morgan fingerprint density at radius 2 is 1.91 bits per heavy atom. The molecule has 0 aromatic heterocycles. The number of benzene rings is 2.